The summed E-state index contributed by atoms with van der Waals surface area (Å²) in [6, 6.07) is 8.30. The molecule has 4 heteroatoms. The van der Waals surface area contributed by atoms with Gasteiger partial charge >= 0.3 is 0 Å². The zero-order chi connectivity index (χ0) is 13.8. The molecular weight excluding hydrogens is 264 g/mol. The highest BCUT2D eigenvalue weighted by atomic mass is 32.1. The first-order chi connectivity index (χ1) is 9.11. The SMILES string of the molecule is CCCNC(C)c1ccc(-c2ccc(F)c(F)c2)s1. The Morgan fingerprint density at radius 3 is 2.63 bits per heavy atom. The van der Waals surface area contributed by atoms with E-state index < -0.39 is 11.6 Å². The minimum absolute atomic E-state index is 0.281. The van der Waals surface area contributed by atoms with E-state index in [-0.39, 0.29) is 6.04 Å². The molecule has 102 valence electrons. The predicted molar refractivity (Wildman–Crippen MR) is 76.4 cm³/mol. The molecule has 0 saturated heterocycles. The monoisotopic (exact) mass is 281 g/mol. The predicted octanol–water partition coefficient (Wildman–Crippen LogP) is 4.75. The summed E-state index contributed by atoms with van der Waals surface area (Å²) in [5.74, 6) is -1.61. The number of hydrogen-bond acceptors (Lipinski definition) is 2. The van der Waals surface area contributed by atoms with Crippen molar-refractivity contribution in [3.8, 4) is 10.4 Å². The van der Waals surface area contributed by atoms with Crippen LogP contribution >= 0.6 is 11.3 Å². The highest BCUT2D eigenvalue weighted by Crippen LogP contribution is 2.32. The largest absolute Gasteiger partial charge is 0.309 e. The standard InChI is InChI=1S/C15H17F2NS/c1-3-8-18-10(2)14-6-7-15(19-14)11-4-5-12(16)13(17)9-11/h4-7,9-10,18H,3,8H2,1-2H3. The summed E-state index contributed by atoms with van der Waals surface area (Å²) in [6.45, 7) is 5.21. The molecule has 0 bridgehead atoms. The molecule has 0 radical (unpaired) electrons. The summed E-state index contributed by atoms with van der Waals surface area (Å²) in [4.78, 5) is 2.16. The van der Waals surface area contributed by atoms with Crippen LogP contribution in [0, 0.1) is 11.6 Å². The first-order valence-corrected chi connectivity index (χ1v) is 7.22. The molecule has 0 fully saturated rings. The Hall–Kier alpha value is -1.26. The van der Waals surface area contributed by atoms with Gasteiger partial charge in [-0.05, 0) is 49.7 Å². The molecule has 0 aliphatic heterocycles. The Bertz CT molecular complexity index is 551. The van der Waals surface area contributed by atoms with Gasteiger partial charge in [-0.15, -0.1) is 11.3 Å². The van der Waals surface area contributed by atoms with Crippen LogP contribution in [0.2, 0.25) is 0 Å². The maximum atomic E-state index is 13.2. The lowest BCUT2D eigenvalue weighted by Crippen LogP contribution is -2.18. The van der Waals surface area contributed by atoms with Crippen LogP contribution in [0.15, 0.2) is 30.3 Å². The van der Waals surface area contributed by atoms with Gasteiger partial charge in [0.25, 0.3) is 0 Å². The maximum absolute atomic E-state index is 13.2. The van der Waals surface area contributed by atoms with Crippen LogP contribution in [-0.4, -0.2) is 6.54 Å². The Morgan fingerprint density at radius 2 is 1.95 bits per heavy atom. The minimum Gasteiger partial charge on any atom is -0.309 e. The van der Waals surface area contributed by atoms with Gasteiger partial charge in [0.2, 0.25) is 0 Å². The van der Waals surface area contributed by atoms with E-state index >= 15 is 0 Å². The molecular formula is C15H17F2NS. The highest BCUT2D eigenvalue weighted by Gasteiger charge is 2.10. The third kappa shape index (κ3) is 3.39. The fourth-order valence-corrected chi connectivity index (χ4v) is 2.88. The second-order valence-corrected chi connectivity index (χ2v) is 5.62. The van der Waals surface area contributed by atoms with Gasteiger partial charge < -0.3 is 5.32 Å². The van der Waals surface area contributed by atoms with Crippen molar-refractivity contribution in [1.29, 1.82) is 0 Å². The summed E-state index contributed by atoms with van der Waals surface area (Å²) in [7, 11) is 0. The molecule has 19 heavy (non-hydrogen) atoms. The molecule has 1 unspecified atom stereocenters. The molecule has 1 N–H and O–H groups in total. The van der Waals surface area contributed by atoms with E-state index in [1.54, 1.807) is 17.4 Å². The van der Waals surface area contributed by atoms with Crippen molar-refractivity contribution in [3.05, 3.63) is 46.8 Å². The molecule has 0 aliphatic rings. The zero-order valence-electron chi connectivity index (χ0n) is 11.0. The van der Waals surface area contributed by atoms with Crippen LogP contribution < -0.4 is 5.32 Å². The van der Waals surface area contributed by atoms with Crippen molar-refractivity contribution in [1.82, 2.24) is 5.32 Å². The van der Waals surface area contributed by atoms with Gasteiger partial charge in [0.1, 0.15) is 0 Å². The second kappa shape index (κ2) is 6.26. The number of rotatable bonds is 5. The van der Waals surface area contributed by atoms with E-state index in [1.165, 1.54) is 17.0 Å². The van der Waals surface area contributed by atoms with Crippen molar-refractivity contribution in [2.45, 2.75) is 26.3 Å². The number of nitrogens with one attached hydrogen (secondary N) is 1. The molecule has 0 saturated carbocycles. The lowest BCUT2D eigenvalue weighted by Gasteiger charge is -2.10. The molecule has 1 heterocycles. The van der Waals surface area contributed by atoms with Crippen molar-refractivity contribution in [2.24, 2.45) is 0 Å². The summed E-state index contributed by atoms with van der Waals surface area (Å²) < 4.78 is 26.1. The van der Waals surface area contributed by atoms with Gasteiger partial charge in [0.05, 0.1) is 0 Å². The molecule has 0 spiro atoms. The second-order valence-electron chi connectivity index (χ2n) is 4.51. The van der Waals surface area contributed by atoms with Crippen molar-refractivity contribution in [2.75, 3.05) is 6.54 Å². The summed E-state index contributed by atoms with van der Waals surface area (Å²) in [6.07, 6.45) is 1.09. The summed E-state index contributed by atoms with van der Waals surface area (Å²) >= 11 is 1.61. The van der Waals surface area contributed by atoms with Crippen LogP contribution in [0.5, 0.6) is 0 Å². The van der Waals surface area contributed by atoms with E-state index in [0.29, 0.717) is 0 Å². The summed E-state index contributed by atoms with van der Waals surface area (Å²) in [5, 5.41) is 3.41. The topological polar surface area (TPSA) is 12.0 Å². The van der Waals surface area contributed by atoms with Crippen LogP contribution in [0.3, 0.4) is 0 Å². The van der Waals surface area contributed by atoms with Gasteiger partial charge in [-0.3, -0.25) is 0 Å². The van der Waals surface area contributed by atoms with Crippen molar-refractivity contribution < 1.29 is 8.78 Å². The van der Waals surface area contributed by atoms with Crippen LogP contribution in [0.4, 0.5) is 8.78 Å². The maximum Gasteiger partial charge on any atom is 0.159 e. The molecule has 1 aromatic carbocycles. The van der Waals surface area contributed by atoms with Crippen LogP contribution in [-0.2, 0) is 0 Å². The Morgan fingerprint density at radius 1 is 1.16 bits per heavy atom. The van der Waals surface area contributed by atoms with Gasteiger partial charge in [-0.25, -0.2) is 8.78 Å². The minimum atomic E-state index is -0.807. The highest BCUT2D eigenvalue weighted by molar-refractivity contribution is 7.15. The Kier molecular flexibility index (Phi) is 4.66. The lowest BCUT2D eigenvalue weighted by atomic mass is 10.2. The van der Waals surface area contributed by atoms with E-state index in [9.17, 15) is 8.78 Å². The first kappa shape index (κ1) is 14.2. The van der Waals surface area contributed by atoms with Gasteiger partial charge in [-0.1, -0.05) is 13.0 Å². The molecule has 0 amide bonds. The fourth-order valence-electron chi connectivity index (χ4n) is 1.85. The third-order valence-corrected chi connectivity index (χ3v) is 4.28. The fraction of sp³-hybridized carbons (Fsp3) is 0.333. The number of thiophene rings is 1. The Balaban J connectivity index is 2.18. The Labute approximate surface area is 116 Å². The van der Waals surface area contributed by atoms with Crippen molar-refractivity contribution in [3.63, 3.8) is 0 Å². The number of halogens is 2. The van der Waals surface area contributed by atoms with E-state index in [4.69, 9.17) is 0 Å². The quantitative estimate of drug-likeness (QED) is 0.833. The molecule has 0 aliphatic carbocycles. The van der Waals surface area contributed by atoms with E-state index in [0.717, 1.165) is 23.4 Å². The van der Waals surface area contributed by atoms with Crippen LogP contribution in [0.1, 0.15) is 31.2 Å². The number of benzene rings is 1. The first-order valence-electron chi connectivity index (χ1n) is 6.40. The van der Waals surface area contributed by atoms with Crippen LogP contribution in [0.25, 0.3) is 10.4 Å². The smallest absolute Gasteiger partial charge is 0.159 e. The van der Waals surface area contributed by atoms with Gasteiger partial charge in [-0.2, -0.15) is 0 Å². The molecule has 1 nitrogen and oxygen atoms in total. The number of hydrogen-bond donors (Lipinski definition) is 1. The molecule has 2 rings (SSSR count). The van der Waals surface area contributed by atoms with E-state index in [1.807, 2.05) is 12.1 Å². The molecule has 2 aromatic rings. The summed E-state index contributed by atoms with van der Waals surface area (Å²) in [5.41, 5.74) is 0.720. The van der Waals surface area contributed by atoms with Gasteiger partial charge in [0.15, 0.2) is 11.6 Å². The third-order valence-electron chi connectivity index (χ3n) is 2.96. The average molecular weight is 281 g/mol. The molecule has 1 atom stereocenters. The van der Waals surface area contributed by atoms with Crippen molar-refractivity contribution >= 4 is 11.3 Å². The van der Waals surface area contributed by atoms with E-state index in [2.05, 4.69) is 19.2 Å². The zero-order valence-corrected chi connectivity index (χ0v) is 11.9. The molecule has 1 aromatic heterocycles. The van der Waals surface area contributed by atoms with Gasteiger partial charge in [0, 0.05) is 15.8 Å². The average Bonchev–Trinajstić information content (AvgIpc) is 2.89. The normalized spacial score (nSPS) is 12.6. The lowest BCUT2D eigenvalue weighted by molar-refractivity contribution is 0.509.